The molecule has 3 saturated heterocycles. The first-order chi connectivity index (χ1) is 43.9. The second-order valence-corrected chi connectivity index (χ2v) is 24.2. The molecule has 3 amide bonds. The molecule has 3 atom stereocenters. The van der Waals surface area contributed by atoms with E-state index in [0.29, 0.717) is 99.4 Å². The summed E-state index contributed by atoms with van der Waals surface area (Å²) in [6.45, 7) is 5.28. The van der Waals surface area contributed by atoms with Crippen LogP contribution in [-0.4, -0.2) is 151 Å². The number of aliphatic hydroxyl groups excluding tert-OH is 3. The van der Waals surface area contributed by atoms with Crippen LogP contribution < -0.4 is 9.47 Å². The van der Waals surface area contributed by atoms with Crippen molar-refractivity contribution in [2.24, 2.45) is 0 Å². The summed E-state index contributed by atoms with van der Waals surface area (Å²) < 4.78 is 27.3. The van der Waals surface area contributed by atoms with Gasteiger partial charge in [-0.3, -0.25) is 14.4 Å². The number of likely N-dealkylation sites (tertiary alicyclic amines) is 3. The van der Waals surface area contributed by atoms with Gasteiger partial charge in [-0.2, -0.15) is 15.0 Å². The fourth-order valence-corrected chi connectivity index (χ4v) is 14.8. The van der Waals surface area contributed by atoms with Crippen LogP contribution in [0.3, 0.4) is 0 Å². The Hall–Kier alpha value is -9.37. The van der Waals surface area contributed by atoms with Gasteiger partial charge in [-0.25, -0.2) is 0 Å². The zero-order valence-corrected chi connectivity index (χ0v) is 50.7. The van der Waals surface area contributed by atoms with Crippen LogP contribution in [0.1, 0.15) is 84.4 Å². The third-order valence-corrected chi connectivity index (χ3v) is 19.2. The number of fused-ring (bicyclic) bond motifs is 6. The number of rotatable bonds is 15. The van der Waals surface area contributed by atoms with Crippen LogP contribution in [0.5, 0.6) is 11.5 Å². The van der Waals surface area contributed by atoms with Crippen molar-refractivity contribution in [2.75, 3.05) is 73.3 Å². The third kappa shape index (κ3) is 11.0. The van der Waals surface area contributed by atoms with Crippen LogP contribution in [0.4, 0.5) is 0 Å². The zero-order chi connectivity index (χ0) is 62.2. The molecule has 0 radical (unpaired) electrons. The molecule has 9 aromatic rings. The van der Waals surface area contributed by atoms with Gasteiger partial charge in [0, 0.05) is 103 Å². The number of aromatic nitrogens is 6. The molecule has 0 saturated carbocycles. The zero-order valence-electron chi connectivity index (χ0n) is 50.7. The molecular formula is C70H71N9O11. The summed E-state index contributed by atoms with van der Waals surface area (Å²) in [5, 5.41) is 40.5. The van der Waals surface area contributed by atoms with E-state index in [0.717, 1.165) is 84.1 Å². The van der Waals surface area contributed by atoms with Crippen molar-refractivity contribution in [1.29, 1.82) is 0 Å². The van der Waals surface area contributed by atoms with Crippen molar-refractivity contribution in [1.82, 2.24) is 45.1 Å². The lowest BCUT2D eigenvalue weighted by Crippen LogP contribution is -2.32. The summed E-state index contributed by atoms with van der Waals surface area (Å²) in [5.41, 5.74) is 13.3. The average molecular weight is 1210 g/mol. The Bertz CT molecular complexity index is 4140. The maximum atomic E-state index is 12.5. The molecule has 6 aromatic carbocycles. The number of aliphatic hydroxyl groups is 3. The predicted molar refractivity (Wildman–Crippen MR) is 333 cm³/mol. The minimum absolute atomic E-state index is 0.000412. The number of carbonyl (C=O) groups is 3. The van der Waals surface area contributed by atoms with Crippen molar-refractivity contribution >= 4 is 17.7 Å². The van der Waals surface area contributed by atoms with E-state index in [1.54, 1.807) is 28.9 Å². The lowest BCUT2D eigenvalue weighted by atomic mass is 9.80. The maximum absolute atomic E-state index is 12.5. The Morgan fingerprint density at radius 1 is 0.467 bits per heavy atom. The van der Waals surface area contributed by atoms with E-state index in [-0.39, 0.29) is 53.8 Å². The number of hydrogen-bond donors (Lipinski definition) is 3. The second-order valence-electron chi connectivity index (χ2n) is 24.2. The second kappa shape index (κ2) is 24.9. The van der Waals surface area contributed by atoms with Crippen molar-refractivity contribution < 1.29 is 52.7 Å². The van der Waals surface area contributed by atoms with Gasteiger partial charge in [-0.15, -0.1) is 0 Å². The van der Waals surface area contributed by atoms with Gasteiger partial charge >= 0.3 is 0 Å². The van der Waals surface area contributed by atoms with Gasteiger partial charge in [0.1, 0.15) is 11.5 Å². The van der Waals surface area contributed by atoms with Gasteiger partial charge in [-0.1, -0.05) is 101 Å². The lowest BCUT2D eigenvalue weighted by molar-refractivity contribution is -0.128. The highest BCUT2D eigenvalue weighted by atomic mass is 16.5. The minimum atomic E-state index is -0.188. The molecule has 3 aromatic heterocycles. The highest BCUT2D eigenvalue weighted by Gasteiger charge is 2.51. The minimum Gasteiger partial charge on any atom is -0.497 e. The van der Waals surface area contributed by atoms with Crippen molar-refractivity contribution in [3.63, 3.8) is 0 Å². The fourth-order valence-electron chi connectivity index (χ4n) is 14.8. The SMILES string of the molecule is CCc1cccc(-c2nc(-c3cccc4c3CCC43CC(=O)N(CCO)C3)no2)c1.COc1ccc(-c2nc(-c3cccc4c3CCC43CC(=O)N(CCO)C3)no2)cc1.COc1ccccc1-c1nc(-c2cccc3c2CCC32CC(=O)N(CCO)C2)no1. The van der Waals surface area contributed by atoms with E-state index >= 15 is 0 Å². The van der Waals surface area contributed by atoms with Crippen LogP contribution in [0.15, 0.2) is 141 Å². The summed E-state index contributed by atoms with van der Waals surface area (Å²) in [4.78, 5) is 56.7. The standard InChI is InChI=1S/C24H25N3O3.2C23H23N3O4/c1-2-16-5-3-6-17(13-16)23-25-22(26-30-23)19-7-4-8-20-18(19)9-10-24(20)14-21(29)27(15-24)11-12-28;1-29-19-8-3-2-5-17(19)22-24-21(25-30-22)16-6-4-7-18-15(16)9-10-23(18)13-20(28)26(14-23)11-12-27;1-29-16-7-5-15(6-8-16)22-24-21(25-30-22)18-3-2-4-19-17(18)9-10-23(19)13-20(28)26(14-23)11-12-27/h3-8,13,28H,2,9-12,14-15H2,1H3;2*2-8,27H,9-14H2,1H3. The molecule has 90 heavy (non-hydrogen) atoms. The number of ether oxygens (including phenoxy) is 2. The molecule has 3 aliphatic heterocycles. The largest absolute Gasteiger partial charge is 0.497 e. The first kappa shape index (κ1) is 59.6. The highest BCUT2D eigenvalue weighted by Crippen LogP contribution is 2.51. The Morgan fingerprint density at radius 3 is 1.31 bits per heavy atom. The number of carbonyl (C=O) groups excluding carboxylic acids is 3. The van der Waals surface area contributed by atoms with Gasteiger partial charge in [0.2, 0.25) is 35.2 Å². The molecule has 6 heterocycles. The van der Waals surface area contributed by atoms with Gasteiger partial charge in [-0.05, 0) is 132 Å². The molecule has 3 unspecified atom stereocenters. The quantitative estimate of drug-likeness (QED) is 0.0865. The molecule has 462 valence electrons. The van der Waals surface area contributed by atoms with E-state index in [1.165, 1.54) is 38.9 Å². The third-order valence-electron chi connectivity index (χ3n) is 19.2. The topological polar surface area (TPSA) is 257 Å². The normalized spacial score (nSPS) is 20.2. The van der Waals surface area contributed by atoms with Crippen LogP contribution in [0, 0.1) is 0 Å². The highest BCUT2D eigenvalue weighted by molar-refractivity contribution is 5.84. The smallest absolute Gasteiger partial charge is 0.262 e. The average Bonchev–Trinajstić information content (AvgIpc) is 1.61. The van der Waals surface area contributed by atoms with Crippen molar-refractivity contribution in [2.45, 2.75) is 87.4 Å². The van der Waals surface area contributed by atoms with E-state index in [1.807, 2.05) is 97.1 Å². The summed E-state index contributed by atoms with van der Waals surface area (Å²) >= 11 is 0. The van der Waals surface area contributed by atoms with E-state index in [9.17, 15) is 29.7 Å². The Balaban J connectivity index is 0.000000124. The Kier molecular flexibility index (Phi) is 16.5. The fraction of sp³-hybridized carbons (Fsp3) is 0.357. The van der Waals surface area contributed by atoms with Crippen LogP contribution in [-0.2, 0) is 56.3 Å². The summed E-state index contributed by atoms with van der Waals surface area (Å²) in [6, 6.07) is 41.7. The van der Waals surface area contributed by atoms with Crippen LogP contribution in [0.2, 0.25) is 0 Å². The van der Waals surface area contributed by atoms with Crippen molar-refractivity contribution in [3.05, 3.63) is 166 Å². The molecule has 0 bridgehead atoms. The Morgan fingerprint density at radius 2 is 0.878 bits per heavy atom. The molecular weight excluding hydrogens is 1140 g/mol. The molecule has 3 aliphatic carbocycles. The molecule has 3 N–H and O–H groups in total. The van der Waals surface area contributed by atoms with Crippen LogP contribution in [0.25, 0.3) is 68.5 Å². The number of aryl methyl sites for hydroxylation is 1. The van der Waals surface area contributed by atoms with Crippen LogP contribution >= 0.6 is 0 Å². The molecule has 20 heteroatoms. The van der Waals surface area contributed by atoms with E-state index < -0.39 is 0 Å². The number of benzene rings is 6. The molecule has 20 nitrogen and oxygen atoms in total. The number of para-hydroxylation sites is 1. The Labute approximate surface area is 520 Å². The number of β-amino-alcohol motifs (C(OH)–C–C–N with tert-alkyl or cyclic N) is 3. The van der Waals surface area contributed by atoms with Crippen molar-refractivity contribution in [3.8, 4) is 80.0 Å². The summed E-state index contributed by atoms with van der Waals surface area (Å²) in [5.74, 6) is 4.90. The first-order valence-corrected chi connectivity index (χ1v) is 30.8. The maximum Gasteiger partial charge on any atom is 0.262 e. The number of nitrogens with zero attached hydrogens (tertiary/aromatic N) is 9. The number of hydrogen-bond acceptors (Lipinski definition) is 17. The summed E-state index contributed by atoms with van der Waals surface area (Å²) in [7, 11) is 3.24. The van der Waals surface area contributed by atoms with Gasteiger partial charge in [0.25, 0.3) is 17.7 Å². The number of methoxy groups -OCH3 is 2. The van der Waals surface area contributed by atoms with Gasteiger partial charge in [0.05, 0.1) is 39.6 Å². The predicted octanol–water partition coefficient (Wildman–Crippen LogP) is 9.02. The molecule has 3 spiro atoms. The van der Waals surface area contributed by atoms with E-state index in [2.05, 4.69) is 67.7 Å². The lowest BCUT2D eigenvalue weighted by Gasteiger charge is -2.24. The molecule has 15 rings (SSSR count). The van der Waals surface area contributed by atoms with Gasteiger partial charge < -0.3 is 53.1 Å². The summed E-state index contributed by atoms with van der Waals surface area (Å²) in [6.07, 6.45) is 7.81. The molecule has 3 fully saturated rings. The monoisotopic (exact) mass is 1210 g/mol. The first-order valence-electron chi connectivity index (χ1n) is 30.8. The van der Waals surface area contributed by atoms with Gasteiger partial charge in [0.15, 0.2) is 0 Å². The van der Waals surface area contributed by atoms with E-state index in [4.69, 9.17) is 23.0 Å². The molecule has 6 aliphatic rings. The number of amides is 3.